The van der Waals surface area contributed by atoms with E-state index in [9.17, 15) is 0 Å². The monoisotopic (exact) mass is 734 g/mol. The van der Waals surface area contributed by atoms with Gasteiger partial charge in [-0.05, 0) is 85.5 Å². The SMILES string of the molecule is Cc1ccc(C(c2ccc(C)cc2)c2cc(C)cc(C(c3ccc(C)cc3)c3ccc(C)cc3)c2N=C2C(=Nc3ccccc3)c3cccc4cccc2c34)cc1. The molecule has 2 heteroatoms. The highest BCUT2D eigenvalue weighted by atomic mass is 14.8. The van der Waals surface area contributed by atoms with Crippen molar-refractivity contribution in [1.82, 2.24) is 0 Å². The van der Waals surface area contributed by atoms with Crippen molar-refractivity contribution in [2.45, 2.75) is 46.5 Å². The van der Waals surface area contributed by atoms with Crippen LogP contribution in [0, 0.1) is 34.6 Å². The van der Waals surface area contributed by atoms with E-state index in [1.54, 1.807) is 0 Å². The third kappa shape index (κ3) is 7.04. The molecule has 0 bridgehead atoms. The highest BCUT2D eigenvalue weighted by Gasteiger charge is 2.31. The summed E-state index contributed by atoms with van der Waals surface area (Å²) in [5.41, 5.74) is 19.4. The van der Waals surface area contributed by atoms with E-state index in [1.807, 2.05) is 6.07 Å². The third-order valence-electron chi connectivity index (χ3n) is 11.4. The van der Waals surface area contributed by atoms with Gasteiger partial charge in [0, 0.05) is 28.3 Å². The number of hydrogen-bond donors (Lipinski definition) is 0. The number of para-hydroxylation sites is 1. The molecule has 1 aliphatic rings. The Kier molecular flexibility index (Phi) is 9.56. The molecule has 0 radical (unpaired) electrons. The number of aliphatic imine (C=N–C) groups is 2. The van der Waals surface area contributed by atoms with Crippen LogP contribution in [-0.2, 0) is 0 Å². The van der Waals surface area contributed by atoms with Gasteiger partial charge >= 0.3 is 0 Å². The molecule has 8 aromatic rings. The third-order valence-corrected chi connectivity index (χ3v) is 11.4. The lowest BCUT2D eigenvalue weighted by molar-refractivity contribution is 0.932. The number of rotatable bonds is 8. The zero-order valence-electron chi connectivity index (χ0n) is 33.3. The fourth-order valence-electron chi connectivity index (χ4n) is 8.50. The molecule has 0 atom stereocenters. The van der Waals surface area contributed by atoms with Crippen molar-refractivity contribution >= 4 is 33.6 Å². The van der Waals surface area contributed by atoms with Crippen LogP contribution in [0.2, 0.25) is 0 Å². The number of hydrogen-bond acceptors (Lipinski definition) is 2. The summed E-state index contributed by atoms with van der Waals surface area (Å²) in [6, 6.07) is 64.4. The topological polar surface area (TPSA) is 24.7 Å². The van der Waals surface area contributed by atoms with Gasteiger partial charge < -0.3 is 0 Å². The van der Waals surface area contributed by atoms with Crippen LogP contribution in [0.3, 0.4) is 0 Å². The van der Waals surface area contributed by atoms with Gasteiger partial charge in [0.05, 0.1) is 22.8 Å². The van der Waals surface area contributed by atoms with Crippen LogP contribution in [0.15, 0.2) is 186 Å². The first-order valence-electron chi connectivity index (χ1n) is 20.0. The minimum Gasteiger partial charge on any atom is -0.246 e. The summed E-state index contributed by atoms with van der Waals surface area (Å²) in [6.45, 7) is 10.9. The van der Waals surface area contributed by atoms with Crippen molar-refractivity contribution in [2.24, 2.45) is 9.98 Å². The van der Waals surface area contributed by atoms with Crippen LogP contribution in [0.1, 0.15) is 84.2 Å². The lowest BCUT2D eigenvalue weighted by atomic mass is 9.78. The number of nitrogens with zero attached hydrogens (tertiary/aromatic N) is 2. The Hall–Kier alpha value is -6.64. The first-order chi connectivity index (χ1) is 27.8. The van der Waals surface area contributed by atoms with Crippen molar-refractivity contribution in [1.29, 1.82) is 0 Å². The normalized spacial score (nSPS) is 13.7. The van der Waals surface area contributed by atoms with E-state index < -0.39 is 0 Å². The molecular weight excluding hydrogens is 689 g/mol. The Balaban J connectivity index is 1.41. The molecule has 0 N–H and O–H groups in total. The summed E-state index contributed by atoms with van der Waals surface area (Å²) in [5.74, 6) is -0.148. The molecule has 0 saturated heterocycles. The first-order valence-corrected chi connectivity index (χ1v) is 20.0. The Morgan fingerprint density at radius 1 is 0.351 bits per heavy atom. The van der Waals surface area contributed by atoms with Crippen molar-refractivity contribution in [3.05, 3.63) is 248 Å². The molecule has 2 nitrogen and oxygen atoms in total. The van der Waals surface area contributed by atoms with E-state index >= 15 is 0 Å². The van der Waals surface area contributed by atoms with Gasteiger partial charge in [-0.1, -0.05) is 192 Å². The van der Waals surface area contributed by atoms with Crippen molar-refractivity contribution in [3.63, 3.8) is 0 Å². The standard InChI is InChI=1S/C55H46N2/c1-35-17-25-41(26-18-35)50(42-27-19-36(2)20-28-42)48-33-39(5)34-49(51(43-29-21-37(3)22-30-43)44-31-23-38(4)24-32-44)53(48)57-55-47-16-10-12-40-11-9-15-46(52(40)47)54(55)56-45-13-7-6-8-14-45/h6-34,50-51H,1-5H3. The molecule has 8 aromatic carbocycles. The van der Waals surface area contributed by atoms with Crippen LogP contribution < -0.4 is 0 Å². The van der Waals surface area contributed by atoms with Gasteiger partial charge in [0.1, 0.15) is 0 Å². The van der Waals surface area contributed by atoms with E-state index in [0.29, 0.717) is 0 Å². The second-order valence-electron chi connectivity index (χ2n) is 15.8. The molecule has 0 heterocycles. The minimum atomic E-state index is -0.0741. The summed E-state index contributed by atoms with van der Waals surface area (Å²) >= 11 is 0. The Labute approximate surface area is 337 Å². The summed E-state index contributed by atoms with van der Waals surface area (Å²) < 4.78 is 0. The van der Waals surface area contributed by atoms with Crippen LogP contribution in [0.4, 0.5) is 11.4 Å². The Bertz CT molecular complexity index is 2580. The quantitative estimate of drug-likeness (QED) is 0.139. The van der Waals surface area contributed by atoms with Crippen LogP contribution in [0.5, 0.6) is 0 Å². The summed E-state index contributed by atoms with van der Waals surface area (Å²) in [6.07, 6.45) is 0. The second-order valence-corrected chi connectivity index (χ2v) is 15.8. The zero-order valence-corrected chi connectivity index (χ0v) is 33.3. The van der Waals surface area contributed by atoms with Crippen molar-refractivity contribution in [3.8, 4) is 0 Å². The largest absolute Gasteiger partial charge is 0.246 e. The van der Waals surface area contributed by atoms with Crippen LogP contribution in [-0.4, -0.2) is 11.4 Å². The maximum absolute atomic E-state index is 6.02. The van der Waals surface area contributed by atoms with E-state index in [4.69, 9.17) is 9.98 Å². The first kappa shape index (κ1) is 36.0. The molecular formula is C55H46N2. The molecule has 276 valence electrons. The molecule has 57 heavy (non-hydrogen) atoms. The Morgan fingerprint density at radius 2 is 0.737 bits per heavy atom. The average Bonchev–Trinajstić information content (AvgIpc) is 3.52. The molecule has 0 fully saturated rings. The highest BCUT2D eigenvalue weighted by molar-refractivity contribution is 6.61. The van der Waals surface area contributed by atoms with Crippen molar-refractivity contribution in [2.75, 3.05) is 0 Å². The van der Waals surface area contributed by atoms with E-state index in [1.165, 1.54) is 72.0 Å². The van der Waals surface area contributed by atoms with E-state index in [2.05, 4.69) is 204 Å². The molecule has 0 aliphatic heterocycles. The van der Waals surface area contributed by atoms with Gasteiger partial charge in [0.25, 0.3) is 0 Å². The summed E-state index contributed by atoms with van der Waals surface area (Å²) in [7, 11) is 0. The molecule has 9 rings (SSSR count). The predicted molar refractivity (Wildman–Crippen MR) is 241 cm³/mol. The second kappa shape index (κ2) is 15.1. The van der Waals surface area contributed by atoms with Gasteiger partial charge in [-0.25, -0.2) is 9.98 Å². The van der Waals surface area contributed by atoms with Crippen molar-refractivity contribution < 1.29 is 0 Å². The van der Waals surface area contributed by atoms with Crippen LogP contribution >= 0.6 is 0 Å². The van der Waals surface area contributed by atoms with Gasteiger partial charge in [-0.2, -0.15) is 0 Å². The molecule has 0 amide bonds. The van der Waals surface area contributed by atoms with Gasteiger partial charge in [-0.3, -0.25) is 0 Å². The molecule has 1 aliphatic carbocycles. The average molecular weight is 735 g/mol. The maximum atomic E-state index is 6.02. The highest BCUT2D eigenvalue weighted by Crippen LogP contribution is 2.47. The van der Waals surface area contributed by atoms with Gasteiger partial charge in [0.2, 0.25) is 0 Å². The fourth-order valence-corrected chi connectivity index (χ4v) is 8.50. The molecule has 0 unspecified atom stereocenters. The minimum absolute atomic E-state index is 0.0741. The van der Waals surface area contributed by atoms with E-state index in [0.717, 1.165) is 33.9 Å². The fraction of sp³-hybridized carbons (Fsp3) is 0.127. The van der Waals surface area contributed by atoms with Crippen LogP contribution in [0.25, 0.3) is 10.8 Å². The molecule has 0 saturated carbocycles. The Morgan fingerprint density at radius 3 is 1.14 bits per heavy atom. The lowest BCUT2D eigenvalue weighted by Gasteiger charge is -2.27. The number of aryl methyl sites for hydroxylation is 5. The molecule has 0 aromatic heterocycles. The lowest BCUT2D eigenvalue weighted by Crippen LogP contribution is -2.13. The maximum Gasteiger partial charge on any atom is 0.0979 e. The smallest absolute Gasteiger partial charge is 0.0979 e. The summed E-state index contributed by atoms with van der Waals surface area (Å²) in [4.78, 5) is 11.4. The van der Waals surface area contributed by atoms with Gasteiger partial charge in [0.15, 0.2) is 0 Å². The summed E-state index contributed by atoms with van der Waals surface area (Å²) in [5, 5.41) is 2.39. The van der Waals surface area contributed by atoms with Gasteiger partial charge in [-0.15, -0.1) is 0 Å². The number of benzene rings is 8. The predicted octanol–water partition coefficient (Wildman–Crippen LogP) is 14.0. The van der Waals surface area contributed by atoms with E-state index in [-0.39, 0.29) is 11.8 Å². The zero-order chi connectivity index (χ0) is 39.0. The molecule has 0 spiro atoms.